The van der Waals surface area contributed by atoms with Crippen LogP contribution in [-0.2, 0) is 13.2 Å². The molecule has 0 unspecified atom stereocenters. The minimum absolute atomic E-state index is 0.0758. The molecule has 0 atom stereocenters. The molecular weight excluding hydrogens is 250 g/mol. The molecule has 0 aliphatic heterocycles. The first-order valence-electron chi connectivity index (χ1n) is 6.58. The van der Waals surface area contributed by atoms with Gasteiger partial charge in [0.05, 0.1) is 6.61 Å². The van der Waals surface area contributed by atoms with Crippen molar-refractivity contribution in [2.75, 3.05) is 11.9 Å². The smallest absolute Gasteiger partial charge is 0.119 e. The Bertz CT molecular complexity index is 532. The molecule has 2 aromatic rings. The van der Waals surface area contributed by atoms with Crippen molar-refractivity contribution < 1.29 is 9.84 Å². The summed E-state index contributed by atoms with van der Waals surface area (Å²) in [5.74, 6) is 0.848. The number of hydrogen-bond donors (Lipinski definition) is 2. The lowest BCUT2D eigenvalue weighted by Gasteiger charge is -2.08. The third-order valence-electron chi connectivity index (χ3n) is 2.92. The predicted molar refractivity (Wildman–Crippen MR) is 81.8 cm³/mol. The van der Waals surface area contributed by atoms with Crippen LogP contribution in [0.2, 0.25) is 0 Å². The summed E-state index contributed by atoms with van der Waals surface area (Å²) in [4.78, 5) is 0. The first kappa shape index (κ1) is 14.2. The van der Waals surface area contributed by atoms with Gasteiger partial charge in [-0.05, 0) is 35.4 Å². The molecule has 0 fully saturated rings. The van der Waals surface area contributed by atoms with E-state index in [1.54, 1.807) is 6.08 Å². The van der Waals surface area contributed by atoms with Crippen molar-refractivity contribution in [3.8, 4) is 5.75 Å². The molecule has 0 radical (unpaired) electrons. The number of benzene rings is 2. The van der Waals surface area contributed by atoms with Gasteiger partial charge in [0.1, 0.15) is 12.4 Å². The molecule has 0 aliphatic rings. The van der Waals surface area contributed by atoms with Crippen molar-refractivity contribution in [3.63, 3.8) is 0 Å². The van der Waals surface area contributed by atoms with Gasteiger partial charge in [-0.2, -0.15) is 0 Å². The highest BCUT2D eigenvalue weighted by atomic mass is 16.5. The largest absolute Gasteiger partial charge is 0.490 e. The number of aliphatic hydroxyl groups excluding tert-OH is 1. The van der Waals surface area contributed by atoms with Gasteiger partial charge in [0.15, 0.2) is 0 Å². The van der Waals surface area contributed by atoms with Crippen LogP contribution in [0.4, 0.5) is 5.69 Å². The minimum atomic E-state index is 0.0758. The number of ether oxygens (including phenoxy) is 1. The number of anilines is 1. The van der Waals surface area contributed by atoms with Crippen LogP contribution in [0.3, 0.4) is 0 Å². The molecule has 0 heterocycles. The molecule has 2 aromatic carbocycles. The Balaban J connectivity index is 1.87. The van der Waals surface area contributed by atoms with Crippen LogP contribution >= 0.6 is 0 Å². The van der Waals surface area contributed by atoms with Crippen LogP contribution in [0.15, 0.2) is 61.2 Å². The fourth-order valence-corrected chi connectivity index (χ4v) is 1.79. The fourth-order valence-electron chi connectivity index (χ4n) is 1.79. The summed E-state index contributed by atoms with van der Waals surface area (Å²) in [6, 6.07) is 15.7. The Morgan fingerprint density at radius 2 is 1.65 bits per heavy atom. The molecule has 2 N–H and O–H groups in total. The van der Waals surface area contributed by atoms with Gasteiger partial charge in [-0.1, -0.05) is 36.9 Å². The van der Waals surface area contributed by atoms with Gasteiger partial charge >= 0.3 is 0 Å². The highest BCUT2D eigenvalue weighted by molar-refractivity contribution is 5.45. The van der Waals surface area contributed by atoms with Gasteiger partial charge in [0.2, 0.25) is 0 Å². The summed E-state index contributed by atoms with van der Waals surface area (Å²) in [6.07, 6.45) is 1.73. The zero-order chi connectivity index (χ0) is 14.2. The maximum atomic E-state index is 8.99. The average Bonchev–Trinajstić information content (AvgIpc) is 2.52. The van der Waals surface area contributed by atoms with Crippen molar-refractivity contribution in [1.82, 2.24) is 0 Å². The summed E-state index contributed by atoms with van der Waals surface area (Å²) < 4.78 is 5.44. The summed E-state index contributed by atoms with van der Waals surface area (Å²) in [5, 5.41) is 12.3. The van der Waals surface area contributed by atoms with Crippen molar-refractivity contribution >= 4 is 5.69 Å². The van der Waals surface area contributed by atoms with E-state index >= 15 is 0 Å². The Kier molecular flexibility index (Phi) is 5.21. The SMILES string of the molecule is C=CCOc1ccc(CNc2ccc(CO)cc2)cc1. The molecule has 0 spiro atoms. The van der Waals surface area contributed by atoms with E-state index in [2.05, 4.69) is 11.9 Å². The molecule has 0 bridgehead atoms. The summed E-state index contributed by atoms with van der Waals surface area (Å²) in [6.45, 7) is 4.97. The van der Waals surface area contributed by atoms with E-state index < -0.39 is 0 Å². The first-order valence-corrected chi connectivity index (χ1v) is 6.58. The lowest BCUT2D eigenvalue weighted by molar-refractivity contribution is 0.282. The van der Waals surface area contributed by atoms with E-state index in [4.69, 9.17) is 9.84 Å². The maximum Gasteiger partial charge on any atom is 0.119 e. The van der Waals surface area contributed by atoms with E-state index in [0.717, 1.165) is 23.5 Å². The third-order valence-corrected chi connectivity index (χ3v) is 2.92. The number of rotatable bonds is 7. The summed E-state index contributed by atoms with van der Waals surface area (Å²) in [5.41, 5.74) is 3.13. The summed E-state index contributed by atoms with van der Waals surface area (Å²) in [7, 11) is 0. The average molecular weight is 269 g/mol. The number of hydrogen-bond acceptors (Lipinski definition) is 3. The maximum absolute atomic E-state index is 8.99. The van der Waals surface area contributed by atoms with Gasteiger partial charge < -0.3 is 15.2 Å². The first-order chi connectivity index (χ1) is 9.81. The van der Waals surface area contributed by atoms with E-state index in [-0.39, 0.29) is 6.61 Å². The Morgan fingerprint density at radius 1 is 1.00 bits per heavy atom. The van der Waals surface area contributed by atoms with Crippen molar-refractivity contribution in [2.45, 2.75) is 13.2 Å². The molecule has 3 nitrogen and oxygen atoms in total. The van der Waals surface area contributed by atoms with Gasteiger partial charge in [-0.25, -0.2) is 0 Å². The molecule has 2 rings (SSSR count). The lowest BCUT2D eigenvalue weighted by Crippen LogP contribution is -2.00. The third kappa shape index (κ3) is 4.14. The Hall–Kier alpha value is -2.26. The standard InChI is InChI=1S/C17H19NO2/c1-2-11-20-17-9-5-14(6-10-17)12-18-16-7-3-15(13-19)4-8-16/h2-10,18-19H,1,11-13H2. The van der Waals surface area contributed by atoms with Gasteiger partial charge in [-0.3, -0.25) is 0 Å². The second-order valence-electron chi connectivity index (χ2n) is 4.45. The predicted octanol–water partition coefficient (Wildman–Crippen LogP) is 3.36. The lowest BCUT2D eigenvalue weighted by atomic mass is 10.2. The van der Waals surface area contributed by atoms with Gasteiger partial charge in [0, 0.05) is 12.2 Å². The van der Waals surface area contributed by atoms with Crippen LogP contribution in [0.5, 0.6) is 5.75 Å². The topological polar surface area (TPSA) is 41.5 Å². The second kappa shape index (κ2) is 7.36. The number of nitrogens with one attached hydrogen (secondary N) is 1. The normalized spacial score (nSPS) is 10.1. The second-order valence-corrected chi connectivity index (χ2v) is 4.45. The molecule has 0 saturated carbocycles. The van der Waals surface area contributed by atoms with Gasteiger partial charge in [-0.15, -0.1) is 0 Å². The van der Waals surface area contributed by atoms with Crippen molar-refractivity contribution in [3.05, 3.63) is 72.3 Å². The van der Waals surface area contributed by atoms with E-state index in [0.29, 0.717) is 6.61 Å². The van der Waals surface area contributed by atoms with Crippen molar-refractivity contribution in [2.24, 2.45) is 0 Å². The highest BCUT2D eigenvalue weighted by Crippen LogP contribution is 2.14. The van der Waals surface area contributed by atoms with Crippen molar-refractivity contribution in [1.29, 1.82) is 0 Å². The molecule has 0 saturated heterocycles. The molecule has 0 aliphatic carbocycles. The molecular formula is C17H19NO2. The van der Waals surface area contributed by atoms with E-state index in [1.165, 1.54) is 5.56 Å². The molecule has 0 amide bonds. The van der Waals surface area contributed by atoms with E-state index in [9.17, 15) is 0 Å². The monoisotopic (exact) mass is 269 g/mol. The molecule has 0 aromatic heterocycles. The zero-order valence-corrected chi connectivity index (χ0v) is 11.4. The Labute approximate surface area is 119 Å². The van der Waals surface area contributed by atoms with Crippen LogP contribution in [0.25, 0.3) is 0 Å². The molecule has 20 heavy (non-hydrogen) atoms. The highest BCUT2D eigenvalue weighted by Gasteiger charge is 1.97. The molecule has 104 valence electrons. The minimum Gasteiger partial charge on any atom is -0.490 e. The quantitative estimate of drug-likeness (QED) is 0.757. The van der Waals surface area contributed by atoms with Crippen LogP contribution in [0.1, 0.15) is 11.1 Å². The van der Waals surface area contributed by atoms with Gasteiger partial charge in [0.25, 0.3) is 0 Å². The Morgan fingerprint density at radius 3 is 2.25 bits per heavy atom. The van der Waals surface area contributed by atoms with Crippen LogP contribution in [0, 0.1) is 0 Å². The van der Waals surface area contributed by atoms with Crippen LogP contribution in [-0.4, -0.2) is 11.7 Å². The number of aliphatic hydroxyl groups is 1. The molecule has 3 heteroatoms. The zero-order valence-electron chi connectivity index (χ0n) is 11.4. The summed E-state index contributed by atoms with van der Waals surface area (Å²) >= 11 is 0. The van der Waals surface area contributed by atoms with Crippen LogP contribution < -0.4 is 10.1 Å². The van der Waals surface area contributed by atoms with E-state index in [1.807, 2.05) is 48.5 Å². The fraction of sp³-hybridized carbons (Fsp3) is 0.176.